The summed E-state index contributed by atoms with van der Waals surface area (Å²) >= 11 is 0. The summed E-state index contributed by atoms with van der Waals surface area (Å²) < 4.78 is 17.1. The van der Waals surface area contributed by atoms with E-state index in [0.717, 1.165) is 22.9 Å². The number of hydrogen-bond acceptors (Lipinski definition) is 4. The maximum absolute atomic E-state index is 5.76. The van der Waals surface area contributed by atoms with E-state index in [9.17, 15) is 0 Å². The molecule has 4 heteroatoms. The zero-order valence-corrected chi connectivity index (χ0v) is 15.6. The van der Waals surface area contributed by atoms with Gasteiger partial charge in [0.15, 0.2) is 0 Å². The smallest absolute Gasteiger partial charge is 0.122 e. The van der Waals surface area contributed by atoms with Gasteiger partial charge in [0, 0.05) is 18.3 Å². The highest BCUT2D eigenvalue weighted by Gasteiger charge is 1.99. The minimum atomic E-state index is 0.495. The molecule has 0 aliphatic carbocycles. The van der Waals surface area contributed by atoms with Crippen molar-refractivity contribution in [2.45, 2.75) is 6.92 Å². The summed E-state index contributed by atoms with van der Waals surface area (Å²) in [6.45, 7) is 4.37. The molecular weight excluding hydrogens is 338 g/mol. The van der Waals surface area contributed by atoms with Crippen molar-refractivity contribution in [1.29, 1.82) is 0 Å². The van der Waals surface area contributed by atoms with E-state index in [4.69, 9.17) is 14.2 Å². The van der Waals surface area contributed by atoms with Gasteiger partial charge in [-0.1, -0.05) is 36.4 Å². The fourth-order valence-corrected chi connectivity index (χ4v) is 2.60. The standard InChI is InChI=1S/C23H25NO3/c1-19-7-5-11-22(17-19)25-14-13-24-20-8-6-12-23(18-20)27-16-15-26-21-9-3-2-4-10-21/h2-12,17-18,24H,13-16H2,1H3. The molecule has 1 N–H and O–H groups in total. The summed E-state index contributed by atoms with van der Waals surface area (Å²) in [4.78, 5) is 0. The summed E-state index contributed by atoms with van der Waals surface area (Å²) in [6, 6.07) is 25.7. The third-order valence-electron chi connectivity index (χ3n) is 3.89. The number of para-hydroxylation sites is 1. The molecule has 0 saturated carbocycles. The van der Waals surface area contributed by atoms with Gasteiger partial charge in [0.05, 0.1) is 0 Å². The van der Waals surface area contributed by atoms with Gasteiger partial charge < -0.3 is 19.5 Å². The first-order chi connectivity index (χ1) is 13.3. The van der Waals surface area contributed by atoms with E-state index >= 15 is 0 Å². The Morgan fingerprint density at radius 2 is 1.26 bits per heavy atom. The number of rotatable bonds is 10. The summed E-state index contributed by atoms with van der Waals surface area (Å²) in [7, 11) is 0. The van der Waals surface area contributed by atoms with E-state index in [1.54, 1.807) is 0 Å². The zero-order valence-electron chi connectivity index (χ0n) is 15.6. The molecule has 3 rings (SSSR count). The Balaban J connectivity index is 1.36. The van der Waals surface area contributed by atoms with Gasteiger partial charge in [-0.05, 0) is 48.9 Å². The molecule has 0 aromatic heterocycles. The third kappa shape index (κ3) is 6.59. The molecule has 27 heavy (non-hydrogen) atoms. The minimum Gasteiger partial charge on any atom is -0.492 e. The number of aryl methyl sites for hydroxylation is 1. The average molecular weight is 363 g/mol. The van der Waals surface area contributed by atoms with Crippen molar-refractivity contribution >= 4 is 5.69 Å². The monoisotopic (exact) mass is 363 g/mol. The topological polar surface area (TPSA) is 39.7 Å². The molecule has 4 nitrogen and oxygen atoms in total. The van der Waals surface area contributed by atoms with Crippen LogP contribution in [0.3, 0.4) is 0 Å². The summed E-state index contributed by atoms with van der Waals surface area (Å²) in [5.74, 6) is 2.56. The Morgan fingerprint density at radius 3 is 2.04 bits per heavy atom. The predicted octanol–water partition coefficient (Wildman–Crippen LogP) is 4.94. The van der Waals surface area contributed by atoms with Crippen molar-refractivity contribution in [1.82, 2.24) is 0 Å². The highest BCUT2D eigenvalue weighted by molar-refractivity contribution is 5.48. The number of benzene rings is 3. The molecule has 0 radical (unpaired) electrons. The van der Waals surface area contributed by atoms with Crippen LogP contribution in [0.25, 0.3) is 0 Å². The first-order valence-electron chi connectivity index (χ1n) is 9.14. The van der Waals surface area contributed by atoms with Gasteiger partial charge in [-0.3, -0.25) is 0 Å². The lowest BCUT2D eigenvalue weighted by atomic mass is 10.2. The van der Waals surface area contributed by atoms with Gasteiger partial charge in [0.2, 0.25) is 0 Å². The first-order valence-corrected chi connectivity index (χ1v) is 9.14. The molecule has 0 aliphatic rings. The second kappa shape index (κ2) is 10.1. The summed E-state index contributed by atoms with van der Waals surface area (Å²) in [5.41, 5.74) is 2.20. The van der Waals surface area contributed by atoms with Crippen LogP contribution in [0.2, 0.25) is 0 Å². The van der Waals surface area contributed by atoms with Gasteiger partial charge in [0.1, 0.15) is 37.1 Å². The molecule has 0 unspecified atom stereocenters. The van der Waals surface area contributed by atoms with E-state index in [0.29, 0.717) is 26.4 Å². The van der Waals surface area contributed by atoms with E-state index in [1.165, 1.54) is 5.56 Å². The Morgan fingerprint density at radius 1 is 0.630 bits per heavy atom. The molecule has 0 amide bonds. The van der Waals surface area contributed by atoms with Crippen molar-refractivity contribution in [3.05, 3.63) is 84.4 Å². The molecule has 0 aliphatic heterocycles. The third-order valence-corrected chi connectivity index (χ3v) is 3.89. The summed E-state index contributed by atoms with van der Waals surface area (Å²) in [5, 5.41) is 3.35. The van der Waals surface area contributed by atoms with Crippen molar-refractivity contribution in [3.63, 3.8) is 0 Å². The van der Waals surface area contributed by atoms with Gasteiger partial charge in [-0.2, -0.15) is 0 Å². The second-order valence-electron chi connectivity index (χ2n) is 6.13. The highest BCUT2D eigenvalue weighted by atomic mass is 16.5. The van der Waals surface area contributed by atoms with Crippen LogP contribution in [0.1, 0.15) is 5.56 Å². The lowest BCUT2D eigenvalue weighted by Gasteiger charge is -2.11. The van der Waals surface area contributed by atoms with Crippen LogP contribution in [0.5, 0.6) is 17.2 Å². The molecule has 0 saturated heterocycles. The predicted molar refractivity (Wildman–Crippen MR) is 109 cm³/mol. The van der Waals surface area contributed by atoms with Crippen LogP contribution in [-0.4, -0.2) is 26.4 Å². The van der Waals surface area contributed by atoms with Crippen LogP contribution >= 0.6 is 0 Å². The van der Waals surface area contributed by atoms with Gasteiger partial charge in [-0.15, -0.1) is 0 Å². The fourth-order valence-electron chi connectivity index (χ4n) is 2.60. The lowest BCUT2D eigenvalue weighted by Crippen LogP contribution is -2.12. The molecule has 0 fully saturated rings. The Hall–Kier alpha value is -3.14. The van der Waals surface area contributed by atoms with Gasteiger partial charge in [0.25, 0.3) is 0 Å². The highest BCUT2D eigenvalue weighted by Crippen LogP contribution is 2.17. The molecule has 0 bridgehead atoms. The van der Waals surface area contributed by atoms with Crippen molar-refractivity contribution in [2.24, 2.45) is 0 Å². The summed E-state index contributed by atoms with van der Waals surface area (Å²) in [6.07, 6.45) is 0. The number of ether oxygens (including phenoxy) is 3. The van der Waals surface area contributed by atoms with Crippen molar-refractivity contribution < 1.29 is 14.2 Å². The minimum absolute atomic E-state index is 0.495. The Kier molecular flexibility index (Phi) is 6.99. The Bertz CT molecular complexity index is 821. The molecule has 0 heterocycles. The van der Waals surface area contributed by atoms with Crippen LogP contribution in [-0.2, 0) is 0 Å². The maximum Gasteiger partial charge on any atom is 0.122 e. The largest absolute Gasteiger partial charge is 0.492 e. The molecule has 3 aromatic rings. The lowest BCUT2D eigenvalue weighted by molar-refractivity contribution is 0.217. The van der Waals surface area contributed by atoms with Crippen LogP contribution < -0.4 is 19.5 Å². The molecule has 0 spiro atoms. The number of hydrogen-bond donors (Lipinski definition) is 1. The number of nitrogens with one attached hydrogen (secondary N) is 1. The molecular formula is C23H25NO3. The second-order valence-corrected chi connectivity index (χ2v) is 6.13. The fraction of sp³-hybridized carbons (Fsp3) is 0.217. The normalized spacial score (nSPS) is 10.3. The first kappa shape index (κ1) is 18.6. The maximum atomic E-state index is 5.76. The average Bonchev–Trinajstić information content (AvgIpc) is 2.70. The van der Waals surface area contributed by atoms with E-state index in [1.807, 2.05) is 72.8 Å². The number of anilines is 1. The van der Waals surface area contributed by atoms with Crippen LogP contribution in [0.4, 0.5) is 5.69 Å². The van der Waals surface area contributed by atoms with Crippen LogP contribution in [0.15, 0.2) is 78.9 Å². The van der Waals surface area contributed by atoms with Gasteiger partial charge in [-0.25, -0.2) is 0 Å². The zero-order chi connectivity index (χ0) is 18.7. The quantitative estimate of drug-likeness (QED) is 0.518. The molecule has 140 valence electrons. The molecule has 3 aromatic carbocycles. The van der Waals surface area contributed by atoms with Gasteiger partial charge >= 0.3 is 0 Å². The Labute approximate surface area is 160 Å². The van der Waals surface area contributed by atoms with Crippen LogP contribution in [0, 0.1) is 6.92 Å². The SMILES string of the molecule is Cc1cccc(OCCNc2cccc(OCCOc3ccccc3)c2)c1. The van der Waals surface area contributed by atoms with E-state index in [-0.39, 0.29) is 0 Å². The molecule has 0 atom stereocenters. The van der Waals surface area contributed by atoms with E-state index < -0.39 is 0 Å². The van der Waals surface area contributed by atoms with E-state index in [2.05, 4.69) is 18.3 Å². The van der Waals surface area contributed by atoms with Crippen molar-refractivity contribution in [3.8, 4) is 17.2 Å². The van der Waals surface area contributed by atoms with Crippen molar-refractivity contribution in [2.75, 3.05) is 31.7 Å².